The van der Waals surface area contributed by atoms with Gasteiger partial charge in [0.1, 0.15) is 35.8 Å². The molecule has 5 amide bonds. The van der Waals surface area contributed by atoms with Gasteiger partial charge in [0.25, 0.3) is 17.7 Å². The van der Waals surface area contributed by atoms with Crippen LogP contribution in [0.2, 0.25) is 5.02 Å². The first-order chi connectivity index (χ1) is 26.6. The van der Waals surface area contributed by atoms with Gasteiger partial charge in [-0.3, -0.25) is 39.1 Å². The highest BCUT2D eigenvalue weighted by molar-refractivity contribution is 6.31. The highest BCUT2D eigenvalue weighted by atomic mass is 35.5. The lowest BCUT2D eigenvalue weighted by Gasteiger charge is -2.63. The summed E-state index contributed by atoms with van der Waals surface area (Å²) in [5.41, 5.74) is 1.72. The van der Waals surface area contributed by atoms with E-state index in [9.17, 15) is 29.2 Å². The number of nitrogens with one attached hydrogen (secondary N) is 2. The van der Waals surface area contributed by atoms with Gasteiger partial charge >= 0.3 is 0 Å². The van der Waals surface area contributed by atoms with Crippen LogP contribution in [0.3, 0.4) is 0 Å². The van der Waals surface area contributed by atoms with Crippen LogP contribution >= 0.6 is 11.6 Å². The van der Waals surface area contributed by atoms with Crippen LogP contribution in [0, 0.1) is 22.2 Å². The number of hydrogen-bond donors (Lipinski definition) is 2. The Morgan fingerprint density at radius 3 is 2.23 bits per heavy atom. The van der Waals surface area contributed by atoms with E-state index in [0.717, 1.165) is 43.2 Å². The Labute approximate surface area is 329 Å². The third-order valence-electron chi connectivity index (χ3n) is 12.2. The molecule has 1 aliphatic carbocycles. The molecular weight excluding hydrogens is 736 g/mol. The molecule has 13 nitrogen and oxygen atoms in total. The Balaban J connectivity index is 0.815. The molecule has 4 aliphatic heterocycles. The van der Waals surface area contributed by atoms with E-state index < -0.39 is 29.7 Å². The standard InChI is InChI=1S/C42H43ClN6O7/c1-41(2)39(42(3,4)40(41)56-28-10-7-24(19-44)32(43)18-28)46-35(51)23-5-8-25(9-6-23)47-16-15-26(20-47)48-21-29(22-48)55-27-11-12-30-31(17-27)38(54)49(37(30)53)33-13-14-34(50)45-36(33)52/h5-12,17-18,26,29,33,39-40H,13-16,20-22H2,1-4H3,(H,46,51)(H,45,50,52)/t26-,33-,39?,40?/m1/s1. The maximum atomic E-state index is 13.5. The molecule has 0 unspecified atom stereocenters. The molecule has 3 aromatic rings. The Morgan fingerprint density at radius 2 is 1.55 bits per heavy atom. The van der Waals surface area contributed by atoms with Crippen LogP contribution in [-0.2, 0) is 9.59 Å². The lowest BCUT2D eigenvalue weighted by molar-refractivity contribution is -0.164. The monoisotopic (exact) mass is 778 g/mol. The molecule has 4 fully saturated rings. The number of piperidine rings is 1. The number of nitrogens with zero attached hydrogens (tertiary/aromatic N) is 4. The molecule has 0 spiro atoms. The summed E-state index contributed by atoms with van der Waals surface area (Å²) >= 11 is 6.24. The molecule has 0 bridgehead atoms. The highest BCUT2D eigenvalue weighted by Gasteiger charge is 2.64. The molecule has 3 aromatic carbocycles. The average molecular weight is 779 g/mol. The summed E-state index contributed by atoms with van der Waals surface area (Å²) in [5.74, 6) is -1.22. The molecule has 56 heavy (non-hydrogen) atoms. The summed E-state index contributed by atoms with van der Waals surface area (Å²) in [6.07, 6.45) is 0.899. The van der Waals surface area contributed by atoms with Crippen LogP contribution in [0.5, 0.6) is 11.5 Å². The van der Waals surface area contributed by atoms with Crippen molar-refractivity contribution in [3.05, 3.63) is 87.9 Å². The van der Waals surface area contributed by atoms with Gasteiger partial charge in [-0.25, -0.2) is 0 Å². The number of anilines is 1. The fourth-order valence-corrected chi connectivity index (χ4v) is 9.68. The van der Waals surface area contributed by atoms with E-state index in [-0.39, 0.29) is 59.0 Å². The lowest BCUT2D eigenvalue weighted by Crippen LogP contribution is -2.74. The van der Waals surface area contributed by atoms with Crippen molar-refractivity contribution in [2.75, 3.05) is 31.1 Å². The number of hydrogen-bond acceptors (Lipinski definition) is 10. The predicted octanol–water partition coefficient (Wildman–Crippen LogP) is 4.57. The predicted molar refractivity (Wildman–Crippen MR) is 206 cm³/mol. The van der Waals surface area contributed by atoms with E-state index in [1.807, 2.05) is 24.3 Å². The van der Waals surface area contributed by atoms with Gasteiger partial charge in [-0.15, -0.1) is 0 Å². The number of carbonyl (C=O) groups is 5. The number of nitriles is 1. The van der Waals surface area contributed by atoms with Gasteiger partial charge in [0.15, 0.2) is 0 Å². The average Bonchev–Trinajstić information content (AvgIpc) is 3.73. The number of likely N-dealkylation sites (tertiary alicyclic amines) is 1. The van der Waals surface area contributed by atoms with Gasteiger partial charge in [0, 0.05) is 72.8 Å². The maximum absolute atomic E-state index is 13.5. The molecule has 2 N–H and O–H groups in total. The molecule has 4 heterocycles. The van der Waals surface area contributed by atoms with Crippen LogP contribution in [0.15, 0.2) is 60.7 Å². The highest BCUT2D eigenvalue weighted by Crippen LogP contribution is 2.55. The minimum atomic E-state index is -1.01. The number of imide groups is 2. The van der Waals surface area contributed by atoms with E-state index >= 15 is 0 Å². The number of halogens is 1. The first kappa shape index (κ1) is 37.5. The first-order valence-corrected chi connectivity index (χ1v) is 19.3. The van der Waals surface area contributed by atoms with Crippen molar-refractivity contribution in [1.29, 1.82) is 5.26 Å². The second kappa shape index (κ2) is 13.9. The molecule has 0 radical (unpaired) electrons. The van der Waals surface area contributed by atoms with E-state index in [0.29, 0.717) is 33.7 Å². The van der Waals surface area contributed by atoms with E-state index in [1.165, 1.54) is 0 Å². The summed E-state index contributed by atoms with van der Waals surface area (Å²) in [6, 6.07) is 18.9. The van der Waals surface area contributed by atoms with Crippen LogP contribution in [0.4, 0.5) is 5.69 Å². The molecule has 5 aliphatic rings. The first-order valence-electron chi connectivity index (χ1n) is 18.9. The van der Waals surface area contributed by atoms with Crippen LogP contribution in [0.1, 0.15) is 83.6 Å². The minimum absolute atomic E-state index is 0.0668. The number of amides is 5. The SMILES string of the molecule is CC1(C)C(NC(=O)c2ccc(N3CC[C@@H](N4CC(Oc5ccc6c(c5)C(=O)N([C@@H]5CCC(=O)NC5=O)C6=O)C4)C3)cc2)C(C)(C)C1Oc1ccc(C#N)c(Cl)c1. The summed E-state index contributed by atoms with van der Waals surface area (Å²) in [6.45, 7) is 11.5. The summed E-state index contributed by atoms with van der Waals surface area (Å²) < 4.78 is 12.6. The normalized spacial score (nSPS) is 25.5. The smallest absolute Gasteiger partial charge is 0.262 e. The zero-order valence-electron chi connectivity index (χ0n) is 31.6. The quantitative estimate of drug-likeness (QED) is 0.295. The van der Waals surface area contributed by atoms with Crippen molar-refractivity contribution in [2.24, 2.45) is 10.8 Å². The summed E-state index contributed by atoms with van der Waals surface area (Å²) in [5, 5.41) is 15.0. The maximum Gasteiger partial charge on any atom is 0.262 e. The Hall–Kier alpha value is -5.45. The topological polar surface area (TPSA) is 161 Å². The molecule has 14 heteroatoms. The van der Waals surface area contributed by atoms with Crippen molar-refractivity contribution in [2.45, 2.75) is 77.3 Å². The fraction of sp³-hybridized carbons (Fsp3) is 0.429. The van der Waals surface area contributed by atoms with Gasteiger partial charge < -0.3 is 19.7 Å². The van der Waals surface area contributed by atoms with Crippen LogP contribution in [-0.4, -0.2) is 95.8 Å². The van der Waals surface area contributed by atoms with Crippen molar-refractivity contribution < 1.29 is 33.4 Å². The molecule has 290 valence electrons. The molecule has 2 atom stereocenters. The van der Waals surface area contributed by atoms with Crippen LogP contribution in [0.25, 0.3) is 0 Å². The summed E-state index contributed by atoms with van der Waals surface area (Å²) in [7, 11) is 0. The molecule has 0 aromatic heterocycles. The zero-order chi connectivity index (χ0) is 39.7. The summed E-state index contributed by atoms with van der Waals surface area (Å²) in [4.78, 5) is 69.3. The van der Waals surface area contributed by atoms with Crippen molar-refractivity contribution in [1.82, 2.24) is 20.4 Å². The number of carbonyl (C=O) groups excluding carboxylic acids is 5. The van der Waals surface area contributed by atoms with Gasteiger partial charge in [0.2, 0.25) is 11.8 Å². The number of rotatable bonds is 9. The second-order valence-corrected chi connectivity index (χ2v) is 17.0. The Kier molecular flexibility index (Phi) is 9.32. The van der Waals surface area contributed by atoms with Gasteiger partial charge in [-0.2, -0.15) is 5.26 Å². The minimum Gasteiger partial charge on any atom is -0.489 e. The van der Waals surface area contributed by atoms with Gasteiger partial charge in [-0.05, 0) is 67.4 Å². The van der Waals surface area contributed by atoms with Crippen molar-refractivity contribution in [3.8, 4) is 17.6 Å². The molecule has 3 saturated heterocycles. The lowest BCUT2D eigenvalue weighted by atomic mass is 9.49. The molecule has 8 rings (SSSR count). The second-order valence-electron chi connectivity index (χ2n) is 16.6. The van der Waals surface area contributed by atoms with E-state index in [2.05, 4.69) is 54.2 Å². The van der Waals surface area contributed by atoms with Crippen molar-refractivity contribution in [3.63, 3.8) is 0 Å². The third-order valence-corrected chi connectivity index (χ3v) is 12.5. The van der Waals surface area contributed by atoms with Crippen LogP contribution < -0.4 is 25.0 Å². The number of benzene rings is 3. The Bertz CT molecular complexity index is 2180. The molecule has 1 saturated carbocycles. The van der Waals surface area contributed by atoms with Gasteiger partial charge in [0.05, 0.1) is 21.7 Å². The van der Waals surface area contributed by atoms with E-state index in [1.54, 1.807) is 36.4 Å². The number of ether oxygens (including phenoxy) is 2. The zero-order valence-corrected chi connectivity index (χ0v) is 32.4. The number of fused-ring (bicyclic) bond motifs is 1. The third kappa shape index (κ3) is 6.44. The Morgan fingerprint density at radius 1 is 0.875 bits per heavy atom. The fourth-order valence-electron chi connectivity index (χ4n) is 9.47. The molecular formula is C42H43ClN6O7. The van der Waals surface area contributed by atoms with Gasteiger partial charge in [-0.1, -0.05) is 39.3 Å². The largest absolute Gasteiger partial charge is 0.489 e. The van der Waals surface area contributed by atoms with Crippen molar-refractivity contribution >= 4 is 46.8 Å². The van der Waals surface area contributed by atoms with E-state index in [4.69, 9.17) is 21.1 Å².